The molecule has 0 aliphatic rings. The molecule has 2 rings (SSSR count). The van der Waals surface area contributed by atoms with Crippen LogP contribution in [-0.4, -0.2) is 11.2 Å². The van der Waals surface area contributed by atoms with E-state index < -0.39 is 6.10 Å². The molecule has 98 valence electrons. The largest absolute Gasteiger partial charge is 0.391 e. The molecule has 2 aromatic rings. The zero-order chi connectivity index (χ0) is 12.4. The van der Waals surface area contributed by atoms with Crippen LogP contribution in [0.15, 0.2) is 42.5 Å². The van der Waals surface area contributed by atoms with Crippen molar-refractivity contribution in [3.63, 3.8) is 0 Å². The summed E-state index contributed by atoms with van der Waals surface area (Å²) in [5, 5.41) is 12.4. The number of aliphatic hydroxyl groups excluding tert-OH is 1. The van der Waals surface area contributed by atoms with Crippen molar-refractivity contribution in [3.8, 4) is 0 Å². The van der Waals surface area contributed by atoms with Gasteiger partial charge < -0.3 is 10.8 Å². The molecule has 0 unspecified atom stereocenters. The number of nitrogens with two attached hydrogens (primary N) is 1. The average Bonchev–Trinajstić information content (AvgIpc) is 2.36. The Morgan fingerprint density at radius 2 is 1.61 bits per heavy atom. The molecule has 2 aromatic carbocycles. The summed E-state index contributed by atoms with van der Waals surface area (Å²) in [6, 6.07) is 13.8. The van der Waals surface area contributed by atoms with Gasteiger partial charge in [0, 0.05) is 0 Å². The van der Waals surface area contributed by atoms with Gasteiger partial charge in [0.2, 0.25) is 0 Å². The number of aliphatic hydroxyl groups is 1. The molecule has 3 heteroatoms. The predicted octanol–water partition coefficient (Wildman–Crippen LogP) is 3.28. The van der Waals surface area contributed by atoms with Gasteiger partial charge in [0.15, 0.2) is 0 Å². The highest BCUT2D eigenvalue weighted by atomic mass is 35.5. The van der Waals surface area contributed by atoms with Crippen molar-refractivity contribution in [3.05, 3.63) is 48.0 Å². The van der Waals surface area contributed by atoms with Crippen molar-refractivity contribution in [1.82, 2.24) is 0 Å². The van der Waals surface area contributed by atoms with Crippen molar-refractivity contribution in [2.75, 3.05) is 0 Å². The number of rotatable bonds is 3. The molecule has 0 spiro atoms. The highest BCUT2D eigenvalue weighted by Crippen LogP contribution is 2.26. The molecule has 0 heterocycles. The smallest absolute Gasteiger partial charge is 0.0755 e. The molecule has 0 saturated carbocycles. The second-order valence-corrected chi connectivity index (χ2v) is 4.83. The Hall–Kier alpha value is -1.09. The van der Waals surface area contributed by atoms with Crippen LogP contribution >= 0.6 is 12.4 Å². The third-order valence-electron chi connectivity index (χ3n) is 3.23. The van der Waals surface area contributed by atoms with Crippen molar-refractivity contribution < 1.29 is 5.11 Å². The van der Waals surface area contributed by atoms with E-state index in [1.807, 2.05) is 38.1 Å². The molecule has 18 heavy (non-hydrogen) atoms. The Bertz CT molecular complexity index is 507. The van der Waals surface area contributed by atoms with E-state index in [-0.39, 0.29) is 24.4 Å². The van der Waals surface area contributed by atoms with Crippen LogP contribution in [0.5, 0.6) is 0 Å². The Balaban J connectivity index is 0.00000162. The number of hydrogen-bond acceptors (Lipinski definition) is 2. The molecule has 3 N–H and O–H groups in total. The van der Waals surface area contributed by atoms with Crippen molar-refractivity contribution >= 4 is 23.2 Å². The minimum Gasteiger partial charge on any atom is -0.391 e. The third kappa shape index (κ3) is 2.83. The second-order valence-electron chi connectivity index (χ2n) is 4.83. The molecule has 0 aliphatic heterocycles. The normalized spacial score (nSPS) is 14.3. The van der Waals surface area contributed by atoms with Crippen LogP contribution in [0.2, 0.25) is 0 Å². The monoisotopic (exact) mass is 265 g/mol. The summed E-state index contributed by atoms with van der Waals surface area (Å²) in [4.78, 5) is 0. The highest BCUT2D eigenvalue weighted by Gasteiger charge is 2.21. The van der Waals surface area contributed by atoms with Crippen molar-refractivity contribution in [1.29, 1.82) is 0 Å². The van der Waals surface area contributed by atoms with Crippen LogP contribution in [0.3, 0.4) is 0 Å². The highest BCUT2D eigenvalue weighted by molar-refractivity contribution is 5.86. The Kier molecular flexibility index (Phi) is 5.15. The summed E-state index contributed by atoms with van der Waals surface area (Å²) in [7, 11) is 0. The van der Waals surface area contributed by atoms with E-state index in [4.69, 9.17) is 5.73 Å². The van der Waals surface area contributed by atoms with E-state index in [2.05, 4.69) is 18.2 Å². The summed E-state index contributed by atoms with van der Waals surface area (Å²) in [5.41, 5.74) is 7.17. The lowest BCUT2D eigenvalue weighted by Crippen LogP contribution is -2.30. The van der Waals surface area contributed by atoms with Gasteiger partial charge in [0.25, 0.3) is 0 Å². The molecular formula is C15H20ClNO. The summed E-state index contributed by atoms with van der Waals surface area (Å²) < 4.78 is 0. The van der Waals surface area contributed by atoms with Crippen LogP contribution in [0.1, 0.15) is 25.5 Å². The third-order valence-corrected chi connectivity index (χ3v) is 3.23. The van der Waals surface area contributed by atoms with Gasteiger partial charge >= 0.3 is 0 Å². The lowest BCUT2D eigenvalue weighted by Gasteiger charge is -2.23. The van der Waals surface area contributed by atoms with E-state index >= 15 is 0 Å². The van der Waals surface area contributed by atoms with Crippen LogP contribution in [0, 0.1) is 5.92 Å². The van der Waals surface area contributed by atoms with Crippen LogP contribution < -0.4 is 5.73 Å². The Labute approximate surface area is 114 Å². The van der Waals surface area contributed by atoms with Crippen LogP contribution in [-0.2, 0) is 0 Å². The minimum atomic E-state index is -0.513. The van der Waals surface area contributed by atoms with Gasteiger partial charge in [-0.2, -0.15) is 0 Å². The van der Waals surface area contributed by atoms with E-state index in [0.717, 1.165) is 16.3 Å². The molecule has 0 aromatic heterocycles. The molecule has 2 nitrogen and oxygen atoms in total. The van der Waals surface area contributed by atoms with E-state index in [0.29, 0.717) is 0 Å². The van der Waals surface area contributed by atoms with E-state index in [1.54, 1.807) is 0 Å². The maximum Gasteiger partial charge on any atom is 0.0755 e. The summed E-state index contributed by atoms with van der Waals surface area (Å²) in [6.07, 6.45) is -0.513. The van der Waals surface area contributed by atoms with Gasteiger partial charge in [-0.15, -0.1) is 12.4 Å². The molecular weight excluding hydrogens is 246 g/mol. The maximum absolute atomic E-state index is 10.1. The van der Waals surface area contributed by atoms with Gasteiger partial charge in [-0.1, -0.05) is 56.3 Å². The molecule has 0 radical (unpaired) electrons. The molecule has 2 atom stereocenters. The maximum atomic E-state index is 10.1. The molecule has 0 fully saturated rings. The van der Waals surface area contributed by atoms with Gasteiger partial charge in [-0.3, -0.25) is 0 Å². The fraction of sp³-hybridized carbons (Fsp3) is 0.333. The van der Waals surface area contributed by atoms with E-state index in [1.165, 1.54) is 0 Å². The Morgan fingerprint density at radius 3 is 2.28 bits per heavy atom. The SMILES string of the molecule is CC(C)[C@H](O)[C@H](N)c1cccc2ccccc12.Cl. The van der Waals surface area contributed by atoms with Gasteiger partial charge in [0.1, 0.15) is 0 Å². The molecule has 0 bridgehead atoms. The fourth-order valence-electron chi connectivity index (χ4n) is 2.14. The molecule has 0 saturated heterocycles. The number of halogens is 1. The van der Waals surface area contributed by atoms with Crippen molar-refractivity contribution in [2.45, 2.75) is 26.0 Å². The zero-order valence-electron chi connectivity index (χ0n) is 10.7. The average molecular weight is 266 g/mol. The number of hydrogen-bond donors (Lipinski definition) is 2. The first-order valence-corrected chi connectivity index (χ1v) is 6.02. The summed E-state index contributed by atoms with van der Waals surface area (Å²) in [5.74, 6) is 0.156. The Morgan fingerprint density at radius 1 is 1.00 bits per heavy atom. The molecule has 0 aliphatic carbocycles. The van der Waals surface area contributed by atoms with Gasteiger partial charge in [0.05, 0.1) is 12.1 Å². The van der Waals surface area contributed by atoms with Crippen LogP contribution in [0.4, 0.5) is 0 Å². The van der Waals surface area contributed by atoms with Crippen LogP contribution in [0.25, 0.3) is 10.8 Å². The van der Waals surface area contributed by atoms with Gasteiger partial charge in [-0.05, 0) is 22.3 Å². The standard InChI is InChI=1S/C15H19NO.ClH/c1-10(2)15(17)14(16)13-9-5-7-11-6-3-4-8-12(11)13;/h3-10,14-15,17H,16H2,1-2H3;1H/t14-,15+;/m1./s1. The fourth-order valence-corrected chi connectivity index (χ4v) is 2.14. The predicted molar refractivity (Wildman–Crippen MR) is 79.0 cm³/mol. The zero-order valence-corrected chi connectivity index (χ0v) is 11.5. The quantitative estimate of drug-likeness (QED) is 0.895. The lowest BCUT2D eigenvalue weighted by atomic mass is 9.91. The minimum absolute atomic E-state index is 0. The first-order chi connectivity index (χ1) is 8.11. The van der Waals surface area contributed by atoms with Crippen molar-refractivity contribution in [2.24, 2.45) is 11.7 Å². The lowest BCUT2D eigenvalue weighted by molar-refractivity contribution is 0.0984. The number of fused-ring (bicyclic) bond motifs is 1. The molecule has 0 amide bonds. The summed E-state index contributed by atoms with van der Waals surface area (Å²) in [6.45, 7) is 3.96. The van der Waals surface area contributed by atoms with Gasteiger partial charge in [-0.25, -0.2) is 0 Å². The second kappa shape index (κ2) is 6.19. The topological polar surface area (TPSA) is 46.2 Å². The first kappa shape index (κ1) is 15.0. The summed E-state index contributed by atoms with van der Waals surface area (Å²) >= 11 is 0. The first-order valence-electron chi connectivity index (χ1n) is 6.02. The van der Waals surface area contributed by atoms with E-state index in [9.17, 15) is 5.11 Å². The number of benzene rings is 2.